The van der Waals surface area contributed by atoms with Crippen LogP contribution in [0.25, 0.3) is 0 Å². The maximum absolute atomic E-state index is 5.73. The lowest BCUT2D eigenvalue weighted by molar-refractivity contribution is 0.129. The van der Waals surface area contributed by atoms with Crippen LogP contribution < -0.4 is 0 Å². The van der Waals surface area contributed by atoms with Gasteiger partial charge in [0.15, 0.2) is 0 Å². The minimum atomic E-state index is 0.0791. The van der Waals surface area contributed by atoms with E-state index in [2.05, 4.69) is 46.2 Å². The predicted octanol–water partition coefficient (Wildman–Crippen LogP) is 4.07. The molecule has 17 heavy (non-hydrogen) atoms. The lowest BCUT2D eigenvalue weighted by atomic mass is 9.87. The molecule has 0 fully saturated rings. The van der Waals surface area contributed by atoms with E-state index >= 15 is 0 Å². The first-order valence-electron chi connectivity index (χ1n) is 6.94. The molecule has 0 unspecified atom stereocenters. The summed E-state index contributed by atoms with van der Waals surface area (Å²) in [5, 5.41) is 0. The zero-order valence-corrected chi connectivity index (χ0v) is 12.5. The van der Waals surface area contributed by atoms with E-state index in [0.29, 0.717) is 0 Å². The zero-order chi connectivity index (χ0) is 13.3. The van der Waals surface area contributed by atoms with Gasteiger partial charge in [-0.3, -0.25) is 0 Å². The standard InChI is InChI=1S/C15H31NO/c1-7-9-13-17-14(3)15(4,5)10-12-16(6)11-8-2/h3,7-13H2,1-2,4-6H3. The summed E-state index contributed by atoms with van der Waals surface area (Å²) < 4.78 is 5.73. The molecule has 0 aromatic heterocycles. The highest BCUT2D eigenvalue weighted by Crippen LogP contribution is 2.30. The first-order chi connectivity index (χ1) is 7.94. The lowest BCUT2D eigenvalue weighted by Gasteiger charge is -2.29. The average Bonchev–Trinajstić information content (AvgIpc) is 2.27. The highest BCUT2D eigenvalue weighted by atomic mass is 16.5. The van der Waals surface area contributed by atoms with Crippen LogP contribution >= 0.6 is 0 Å². The molecule has 0 aliphatic heterocycles. The summed E-state index contributed by atoms with van der Waals surface area (Å²) in [7, 11) is 2.18. The van der Waals surface area contributed by atoms with Crippen LogP contribution in [0.5, 0.6) is 0 Å². The quantitative estimate of drug-likeness (QED) is 0.422. The number of hydrogen-bond acceptors (Lipinski definition) is 2. The summed E-state index contributed by atoms with van der Waals surface area (Å²) in [6.07, 6.45) is 4.61. The van der Waals surface area contributed by atoms with Crippen molar-refractivity contribution in [2.45, 2.75) is 53.4 Å². The van der Waals surface area contributed by atoms with Crippen LogP contribution in [-0.2, 0) is 4.74 Å². The van der Waals surface area contributed by atoms with Gasteiger partial charge in [0.05, 0.1) is 12.4 Å². The summed E-state index contributed by atoms with van der Waals surface area (Å²) >= 11 is 0. The van der Waals surface area contributed by atoms with Crippen molar-refractivity contribution in [2.75, 3.05) is 26.7 Å². The van der Waals surface area contributed by atoms with Gasteiger partial charge in [-0.2, -0.15) is 0 Å². The van der Waals surface area contributed by atoms with Crippen molar-refractivity contribution in [3.8, 4) is 0 Å². The highest BCUT2D eigenvalue weighted by Gasteiger charge is 2.23. The molecule has 0 spiro atoms. The van der Waals surface area contributed by atoms with Gasteiger partial charge in [-0.05, 0) is 39.4 Å². The maximum atomic E-state index is 5.73. The third kappa shape index (κ3) is 7.43. The average molecular weight is 241 g/mol. The number of nitrogens with zero attached hydrogens (tertiary/aromatic N) is 1. The van der Waals surface area contributed by atoms with Crippen LogP contribution in [0.15, 0.2) is 12.3 Å². The van der Waals surface area contributed by atoms with Gasteiger partial charge in [-0.15, -0.1) is 0 Å². The molecular weight excluding hydrogens is 210 g/mol. The van der Waals surface area contributed by atoms with Gasteiger partial charge >= 0.3 is 0 Å². The number of allylic oxidation sites excluding steroid dienone is 1. The monoisotopic (exact) mass is 241 g/mol. The molecule has 102 valence electrons. The lowest BCUT2D eigenvalue weighted by Crippen LogP contribution is -2.27. The fourth-order valence-electron chi connectivity index (χ4n) is 1.64. The Labute approximate surface area is 108 Å². The van der Waals surface area contributed by atoms with E-state index in [1.807, 2.05) is 0 Å². The Hall–Kier alpha value is -0.500. The van der Waals surface area contributed by atoms with Gasteiger partial charge in [-0.25, -0.2) is 0 Å². The molecule has 0 heterocycles. The molecule has 0 saturated heterocycles. The summed E-state index contributed by atoms with van der Waals surface area (Å²) in [5.41, 5.74) is 0.0791. The van der Waals surface area contributed by atoms with Crippen LogP contribution in [0, 0.1) is 5.41 Å². The molecule has 0 N–H and O–H groups in total. The van der Waals surface area contributed by atoms with Crippen molar-refractivity contribution in [2.24, 2.45) is 5.41 Å². The summed E-state index contributed by atoms with van der Waals surface area (Å²) in [5.74, 6) is 0.941. The van der Waals surface area contributed by atoms with Crippen molar-refractivity contribution in [3.05, 3.63) is 12.3 Å². The molecule has 0 atom stereocenters. The summed E-state index contributed by atoms with van der Waals surface area (Å²) in [6, 6.07) is 0. The van der Waals surface area contributed by atoms with E-state index < -0.39 is 0 Å². The van der Waals surface area contributed by atoms with Crippen LogP contribution in [0.3, 0.4) is 0 Å². The van der Waals surface area contributed by atoms with Crippen LogP contribution in [0.1, 0.15) is 53.4 Å². The molecule has 0 saturated carbocycles. The molecule has 0 aliphatic rings. The van der Waals surface area contributed by atoms with E-state index in [0.717, 1.165) is 31.8 Å². The SMILES string of the molecule is C=C(OCCCC)C(C)(C)CCN(C)CCC. The first kappa shape index (κ1) is 16.5. The second kappa shape index (κ2) is 8.57. The topological polar surface area (TPSA) is 12.5 Å². The molecule has 0 aromatic carbocycles. The molecule has 2 heteroatoms. The number of hydrogen-bond donors (Lipinski definition) is 0. The summed E-state index contributed by atoms with van der Waals surface area (Å²) in [4.78, 5) is 2.38. The third-order valence-electron chi connectivity index (χ3n) is 3.25. The molecule has 0 aromatic rings. The van der Waals surface area contributed by atoms with Crippen molar-refractivity contribution in [1.29, 1.82) is 0 Å². The van der Waals surface area contributed by atoms with E-state index in [1.165, 1.54) is 19.4 Å². The van der Waals surface area contributed by atoms with Gasteiger partial charge < -0.3 is 9.64 Å². The van der Waals surface area contributed by atoms with Crippen molar-refractivity contribution in [3.63, 3.8) is 0 Å². The molecule has 0 amide bonds. The summed E-state index contributed by atoms with van der Waals surface area (Å²) in [6.45, 7) is 16.0. The van der Waals surface area contributed by atoms with Gasteiger partial charge in [0.25, 0.3) is 0 Å². The van der Waals surface area contributed by atoms with Gasteiger partial charge in [0, 0.05) is 5.41 Å². The molecule has 0 bridgehead atoms. The Morgan fingerprint density at radius 2 is 1.82 bits per heavy atom. The number of rotatable bonds is 10. The molecular formula is C15H31NO. The van der Waals surface area contributed by atoms with Crippen molar-refractivity contribution in [1.82, 2.24) is 4.90 Å². The second-order valence-corrected chi connectivity index (χ2v) is 5.56. The van der Waals surface area contributed by atoms with Crippen LogP contribution in [-0.4, -0.2) is 31.6 Å². The van der Waals surface area contributed by atoms with E-state index in [9.17, 15) is 0 Å². The minimum Gasteiger partial charge on any atom is -0.498 e. The predicted molar refractivity (Wildman–Crippen MR) is 76.2 cm³/mol. The van der Waals surface area contributed by atoms with Gasteiger partial charge in [0.2, 0.25) is 0 Å². The van der Waals surface area contributed by atoms with Gasteiger partial charge in [0.1, 0.15) is 0 Å². The Morgan fingerprint density at radius 1 is 1.18 bits per heavy atom. The fourth-order valence-corrected chi connectivity index (χ4v) is 1.64. The van der Waals surface area contributed by atoms with Gasteiger partial charge in [-0.1, -0.05) is 40.7 Å². The largest absolute Gasteiger partial charge is 0.498 e. The number of ether oxygens (including phenoxy) is 1. The maximum Gasteiger partial charge on any atom is 0.0944 e. The third-order valence-corrected chi connectivity index (χ3v) is 3.25. The van der Waals surface area contributed by atoms with E-state index in [1.54, 1.807) is 0 Å². The first-order valence-corrected chi connectivity index (χ1v) is 6.94. The fraction of sp³-hybridized carbons (Fsp3) is 0.867. The Morgan fingerprint density at radius 3 is 2.35 bits per heavy atom. The normalized spacial score (nSPS) is 11.9. The van der Waals surface area contributed by atoms with Crippen molar-refractivity contribution < 1.29 is 4.74 Å². The molecule has 0 radical (unpaired) electrons. The minimum absolute atomic E-state index is 0.0791. The highest BCUT2D eigenvalue weighted by molar-refractivity contribution is 4.98. The molecule has 0 rings (SSSR count). The number of unbranched alkanes of at least 4 members (excludes halogenated alkanes) is 1. The van der Waals surface area contributed by atoms with E-state index in [-0.39, 0.29) is 5.41 Å². The second-order valence-electron chi connectivity index (χ2n) is 5.56. The molecule has 0 aliphatic carbocycles. The molecule has 2 nitrogen and oxygen atoms in total. The van der Waals surface area contributed by atoms with Crippen LogP contribution in [0.2, 0.25) is 0 Å². The smallest absolute Gasteiger partial charge is 0.0944 e. The zero-order valence-electron chi connectivity index (χ0n) is 12.5. The van der Waals surface area contributed by atoms with Crippen molar-refractivity contribution >= 4 is 0 Å². The Kier molecular flexibility index (Phi) is 8.32. The Balaban J connectivity index is 3.95. The van der Waals surface area contributed by atoms with Crippen LogP contribution in [0.4, 0.5) is 0 Å². The van der Waals surface area contributed by atoms with E-state index in [4.69, 9.17) is 4.74 Å². The Bertz CT molecular complexity index is 211.